The van der Waals surface area contributed by atoms with Gasteiger partial charge in [0.25, 0.3) is 0 Å². The Hall–Kier alpha value is -3.28. The molecule has 4 aromatic heterocycles. The highest BCUT2D eigenvalue weighted by Gasteiger charge is 2.44. The molecule has 11 nitrogen and oxygen atoms in total. The molecule has 0 spiro atoms. The minimum absolute atomic E-state index is 0.286. The van der Waals surface area contributed by atoms with E-state index in [-0.39, 0.29) is 11.1 Å². The van der Waals surface area contributed by atoms with Gasteiger partial charge < -0.3 is 10.1 Å². The number of nitrogens with one attached hydrogen (secondary N) is 1. The van der Waals surface area contributed by atoms with Gasteiger partial charge in [0.1, 0.15) is 0 Å². The second-order valence-corrected chi connectivity index (χ2v) is 8.86. The highest BCUT2D eigenvalue weighted by Crippen LogP contribution is 2.41. The van der Waals surface area contributed by atoms with Gasteiger partial charge in [-0.05, 0) is 6.07 Å². The van der Waals surface area contributed by atoms with Crippen LogP contribution < -0.4 is 10.2 Å². The number of pyridine rings is 1. The second kappa shape index (κ2) is 7.94. The maximum atomic E-state index is 13.3. The zero-order valence-corrected chi connectivity index (χ0v) is 19.4. The highest BCUT2D eigenvalue weighted by atomic mass is 35.5. The van der Waals surface area contributed by atoms with Crippen LogP contribution in [-0.4, -0.2) is 60.4 Å². The van der Waals surface area contributed by atoms with E-state index in [4.69, 9.17) is 27.9 Å². The summed E-state index contributed by atoms with van der Waals surface area (Å²) < 4.78 is 7.42. The first-order chi connectivity index (χ1) is 15.8. The first-order valence-corrected chi connectivity index (χ1v) is 10.7. The maximum absolute atomic E-state index is 13.3. The van der Waals surface area contributed by atoms with E-state index < -0.39 is 11.4 Å². The molecule has 0 radical (unpaired) electrons. The molecule has 0 saturated heterocycles. The normalized spacial score (nSPS) is 17.2. The van der Waals surface area contributed by atoms with Crippen molar-refractivity contribution in [3.05, 3.63) is 52.8 Å². The minimum Gasteiger partial charge on any atom is -0.379 e. The molecular formula is C20H19Cl2N9O2. The molecule has 0 bridgehead atoms. The molecule has 0 aliphatic carbocycles. The molecule has 5 heterocycles. The van der Waals surface area contributed by atoms with E-state index >= 15 is 0 Å². The number of aromatic nitrogens is 7. The SMILES string of the molecule is CO[C@@H]1CN(C(=O)Nc2cnc(-n3nccn3)c(Cl)c2)c2cnc3cc(Cl)nn3c2C1(C)C. The molecule has 0 saturated carbocycles. The summed E-state index contributed by atoms with van der Waals surface area (Å²) in [6.07, 6.45) is 5.87. The van der Waals surface area contributed by atoms with E-state index in [9.17, 15) is 4.79 Å². The third kappa shape index (κ3) is 3.58. The Bertz CT molecular complexity index is 1350. The van der Waals surface area contributed by atoms with E-state index in [1.807, 2.05) is 13.8 Å². The van der Waals surface area contributed by atoms with Gasteiger partial charge in [0.05, 0.1) is 59.5 Å². The molecule has 0 fully saturated rings. The molecule has 1 atom stereocenters. The Balaban J connectivity index is 1.51. The Morgan fingerprint density at radius 1 is 1.18 bits per heavy atom. The van der Waals surface area contributed by atoms with Crippen LogP contribution in [0.2, 0.25) is 10.2 Å². The number of halogens is 2. The molecule has 170 valence electrons. The fourth-order valence-corrected chi connectivity index (χ4v) is 4.48. The van der Waals surface area contributed by atoms with Crippen LogP contribution in [0.1, 0.15) is 19.5 Å². The Morgan fingerprint density at radius 3 is 2.64 bits per heavy atom. The number of urea groups is 1. The lowest BCUT2D eigenvalue weighted by Gasteiger charge is -2.43. The number of rotatable bonds is 3. The number of carbonyl (C=O) groups excluding carboxylic acids is 1. The molecule has 33 heavy (non-hydrogen) atoms. The Kier molecular flexibility index (Phi) is 5.19. The Labute approximate surface area is 198 Å². The number of carbonyl (C=O) groups is 1. The molecule has 5 rings (SSSR count). The van der Waals surface area contributed by atoms with Crippen molar-refractivity contribution in [2.45, 2.75) is 25.4 Å². The quantitative estimate of drug-likeness (QED) is 0.470. The molecular weight excluding hydrogens is 469 g/mol. The van der Waals surface area contributed by atoms with Crippen molar-refractivity contribution >= 4 is 46.3 Å². The first kappa shape index (κ1) is 21.6. The summed E-state index contributed by atoms with van der Waals surface area (Å²) in [6.45, 7) is 4.38. The van der Waals surface area contributed by atoms with E-state index in [2.05, 4.69) is 30.6 Å². The van der Waals surface area contributed by atoms with Gasteiger partial charge in [-0.2, -0.15) is 15.3 Å². The van der Waals surface area contributed by atoms with Crippen molar-refractivity contribution in [1.29, 1.82) is 0 Å². The van der Waals surface area contributed by atoms with Crippen molar-refractivity contribution in [1.82, 2.24) is 34.6 Å². The summed E-state index contributed by atoms with van der Waals surface area (Å²) >= 11 is 12.5. The first-order valence-electron chi connectivity index (χ1n) is 9.98. The predicted octanol–water partition coefficient (Wildman–Crippen LogP) is 3.36. The van der Waals surface area contributed by atoms with Crippen LogP contribution in [0.3, 0.4) is 0 Å². The summed E-state index contributed by atoms with van der Waals surface area (Å²) in [6, 6.07) is 2.86. The summed E-state index contributed by atoms with van der Waals surface area (Å²) in [5.74, 6) is 0.353. The number of hydrogen-bond acceptors (Lipinski definition) is 7. The lowest BCUT2D eigenvalue weighted by Crippen LogP contribution is -2.53. The number of methoxy groups -OCH3 is 1. The largest absolute Gasteiger partial charge is 0.379 e. The number of nitrogens with zero attached hydrogens (tertiary/aromatic N) is 8. The van der Waals surface area contributed by atoms with Crippen LogP contribution in [0.25, 0.3) is 11.5 Å². The second-order valence-electron chi connectivity index (χ2n) is 8.06. The van der Waals surface area contributed by atoms with E-state index in [0.29, 0.717) is 34.5 Å². The van der Waals surface area contributed by atoms with E-state index in [0.717, 1.165) is 5.69 Å². The summed E-state index contributed by atoms with van der Waals surface area (Å²) in [4.78, 5) is 24.9. The summed E-state index contributed by atoms with van der Waals surface area (Å²) in [5, 5.41) is 15.9. The number of fused-ring (bicyclic) bond motifs is 3. The van der Waals surface area contributed by atoms with Crippen LogP contribution in [-0.2, 0) is 10.2 Å². The predicted molar refractivity (Wildman–Crippen MR) is 122 cm³/mol. The van der Waals surface area contributed by atoms with Gasteiger partial charge in [-0.3, -0.25) is 4.90 Å². The molecule has 1 aliphatic rings. The smallest absolute Gasteiger partial charge is 0.326 e. The van der Waals surface area contributed by atoms with Crippen molar-refractivity contribution in [3.63, 3.8) is 0 Å². The zero-order chi connectivity index (χ0) is 23.3. The molecule has 0 aromatic carbocycles. The fraction of sp³-hybridized carbons (Fsp3) is 0.300. The average Bonchev–Trinajstić information content (AvgIpc) is 3.42. The van der Waals surface area contributed by atoms with Gasteiger partial charge in [0.2, 0.25) is 0 Å². The number of ether oxygens (including phenoxy) is 1. The summed E-state index contributed by atoms with van der Waals surface area (Å²) in [7, 11) is 1.62. The van der Waals surface area contributed by atoms with Gasteiger partial charge in [0, 0.05) is 18.6 Å². The van der Waals surface area contributed by atoms with Crippen LogP contribution in [0.4, 0.5) is 16.2 Å². The van der Waals surface area contributed by atoms with Gasteiger partial charge in [-0.1, -0.05) is 37.0 Å². The van der Waals surface area contributed by atoms with Crippen LogP contribution in [0.5, 0.6) is 0 Å². The monoisotopic (exact) mass is 487 g/mol. The third-order valence-corrected chi connectivity index (χ3v) is 6.16. The standard InChI is InChI=1S/C20H19Cl2N9O2/c1-20(2)14(33-3)10-29(13-9-23-16-7-15(22)28-30(16)17(13)20)19(32)27-11-6-12(21)18(24-8-11)31-25-4-5-26-31/h4-9,14H,10H2,1-3H3,(H,27,32)/t14-/m1/s1. The third-order valence-electron chi connectivity index (χ3n) is 5.70. The molecule has 1 aliphatic heterocycles. The fourth-order valence-electron chi connectivity index (χ4n) is 4.07. The van der Waals surface area contributed by atoms with Crippen molar-refractivity contribution in [3.8, 4) is 5.82 Å². The molecule has 13 heteroatoms. The van der Waals surface area contributed by atoms with Crippen molar-refractivity contribution in [2.75, 3.05) is 23.9 Å². The lowest BCUT2D eigenvalue weighted by atomic mass is 9.78. The number of amides is 2. The molecule has 0 unspecified atom stereocenters. The van der Waals surface area contributed by atoms with Crippen LogP contribution in [0, 0.1) is 0 Å². The maximum Gasteiger partial charge on any atom is 0.326 e. The van der Waals surface area contributed by atoms with E-state index in [1.54, 1.807) is 34.9 Å². The minimum atomic E-state index is -0.472. The zero-order valence-electron chi connectivity index (χ0n) is 17.9. The Morgan fingerprint density at radius 2 is 1.94 bits per heavy atom. The average molecular weight is 488 g/mol. The number of hydrogen-bond donors (Lipinski definition) is 1. The van der Waals surface area contributed by atoms with Gasteiger partial charge >= 0.3 is 6.03 Å². The topological polar surface area (TPSA) is 115 Å². The number of anilines is 2. The van der Waals surface area contributed by atoms with Gasteiger partial charge in [-0.25, -0.2) is 19.3 Å². The van der Waals surface area contributed by atoms with E-state index in [1.165, 1.54) is 23.4 Å². The molecule has 4 aromatic rings. The van der Waals surface area contributed by atoms with Crippen molar-refractivity contribution < 1.29 is 9.53 Å². The van der Waals surface area contributed by atoms with Crippen molar-refractivity contribution in [2.24, 2.45) is 0 Å². The lowest BCUT2D eigenvalue weighted by molar-refractivity contribution is 0.0450. The van der Waals surface area contributed by atoms with Crippen LogP contribution >= 0.6 is 23.2 Å². The highest BCUT2D eigenvalue weighted by molar-refractivity contribution is 6.32. The molecule has 1 N–H and O–H groups in total. The van der Waals surface area contributed by atoms with Gasteiger partial charge in [0.15, 0.2) is 16.6 Å². The van der Waals surface area contributed by atoms with Crippen LogP contribution in [0.15, 0.2) is 36.9 Å². The van der Waals surface area contributed by atoms with Gasteiger partial charge in [-0.15, -0.1) is 4.80 Å². The molecule has 2 amide bonds. The summed E-state index contributed by atoms with van der Waals surface area (Å²) in [5.41, 5.74) is 1.90.